The van der Waals surface area contributed by atoms with Crippen LogP contribution in [0.3, 0.4) is 0 Å². The maximum Gasteiger partial charge on any atom is 0.194 e. The van der Waals surface area contributed by atoms with Crippen LogP contribution in [0.1, 0.15) is 16.8 Å². The second-order valence-corrected chi connectivity index (χ2v) is 7.71. The zero-order valence-electron chi connectivity index (χ0n) is 14.1. The van der Waals surface area contributed by atoms with E-state index in [9.17, 15) is 0 Å². The highest BCUT2D eigenvalue weighted by molar-refractivity contribution is 14.0. The lowest BCUT2D eigenvalue weighted by Gasteiger charge is -2.37. The Hall–Kier alpha value is -0.870. The highest BCUT2D eigenvalue weighted by Gasteiger charge is 2.20. The Balaban J connectivity index is 0.00000208. The van der Waals surface area contributed by atoms with Gasteiger partial charge < -0.3 is 15.1 Å². The Morgan fingerprint density at radius 2 is 2.12 bits per heavy atom. The summed E-state index contributed by atoms with van der Waals surface area (Å²) in [6.45, 7) is 9.83. The molecule has 24 heavy (non-hydrogen) atoms. The van der Waals surface area contributed by atoms with Crippen molar-refractivity contribution < 1.29 is 0 Å². The molecule has 1 saturated heterocycles. The van der Waals surface area contributed by atoms with Crippen LogP contribution in [0.15, 0.2) is 28.7 Å². The lowest BCUT2D eigenvalue weighted by atomic mass is 10.3. The fraction of sp³-hybridized carbons (Fsp3) is 0.500. The van der Waals surface area contributed by atoms with Gasteiger partial charge in [0.15, 0.2) is 5.96 Å². The fourth-order valence-corrected chi connectivity index (χ4v) is 4.13. The molecule has 3 rings (SSSR count). The molecule has 1 aliphatic rings. The smallest absolute Gasteiger partial charge is 0.194 e. The molecule has 2 aromatic heterocycles. The number of nitrogens with zero attached hydrogens (tertiary/aromatic N) is 4. The standard InChI is InChI=1S/C16H23N5S2.HI/c1-3-17-16(19-12-14-18-11-13(2)23-14)21-8-6-20(7-9-21)15-5-4-10-22-15;/h4-5,10-11H,3,6-9,12H2,1-2H3,(H,17,19);1H. The van der Waals surface area contributed by atoms with Crippen LogP contribution >= 0.6 is 46.7 Å². The molecule has 0 aromatic carbocycles. The summed E-state index contributed by atoms with van der Waals surface area (Å²) in [5.74, 6) is 1.01. The number of hydrogen-bond donors (Lipinski definition) is 1. The van der Waals surface area contributed by atoms with Crippen LogP contribution in [0.4, 0.5) is 5.00 Å². The molecular weight excluding hydrogens is 453 g/mol. The predicted molar refractivity (Wildman–Crippen MR) is 115 cm³/mol. The van der Waals surface area contributed by atoms with Crippen LogP contribution in [0.5, 0.6) is 0 Å². The minimum Gasteiger partial charge on any atom is -0.360 e. The molecule has 0 spiro atoms. The van der Waals surface area contributed by atoms with Gasteiger partial charge in [-0.3, -0.25) is 0 Å². The van der Waals surface area contributed by atoms with Crippen molar-refractivity contribution in [2.75, 3.05) is 37.6 Å². The van der Waals surface area contributed by atoms with Crippen molar-refractivity contribution in [1.82, 2.24) is 15.2 Å². The van der Waals surface area contributed by atoms with Gasteiger partial charge in [-0.25, -0.2) is 9.98 Å². The Labute approximate surface area is 168 Å². The SMILES string of the molecule is CCNC(=NCc1ncc(C)s1)N1CCN(c2cccs2)CC1.I. The maximum atomic E-state index is 4.77. The van der Waals surface area contributed by atoms with Crippen molar-refractivity contribution in [2.24, 2.45) is 4.99 Å². The second kappa shape index (κ2) is 9.57. The van der Waals surface area contributed by atoms with E-state index in [0.717, 1.165) is 43.7 Å². The molecule has 2 aromatic rings. The number of aromatic nitrogens is 1. The van der Waals surface area contributed by atoms with Gasteiger partial charge in [0.2, 0.25) is 0 Å². The zero-order chi connectivity index (χ0) is 16.1. The molecule has 1 aliphatic heterocycles. The Morgan fingerprint density at radius 3 is 2.71 bits per heavy atom. The number of piperazine rings is 1. The average molecular weight is 477 g/mol. The first-order valence-corrected chi connectivity index (χ1v) is 9.69. The van der Waals surface area contributed by atoms with Crippen LogP contribution in [0, 0.1) is 6.92 Å². The molecule has 0 amide bonds. The summed E-state index contributed by atoms with van der Waals surface area (Å²) >= 11 is 3.54. The summed E-state index contributed by atoms with van der Waals surface area (Å²) in [5, 5.41) is 8.00. The van der Waals surface area contributed by atoms with Crippen LogP contribution in [0.25, 0.3) is 0 Å². The summed E-state index contributed by atoms with van der Waals surface area (Å²) in [6, 6.07) is 4.32. The molecule has 5 nitrogen and oxygen atoms in total. The fourth-order valence-electron chi connectivity index (χ4n) is 2.63. The van der Waals surface area contributed by atoms with E-state index in [1.165, 1.54) is 9.88 Å². The van der Waals surface area contributed by atoms with Gasteiger partial charge in [0.1, 0.15) is 5.01 Å². The number of rotatable bonds is 4. The Morgan fingerprint density at radius 1 is 1.33 bits per heavy atom. The average Bonchev–Trinajstić information content (AvgIpc) is 3.23. The molecule has 0 saturated carbocycles. The molecule has 3 heterocycles. The lowest BCUT2D eigenvalue weighted by Crippen LogP contribution is -2.52. The van der Waals surface area contributed by atoms with Gasteiger partial charge in [0.25, 0.3) is 0 Å². The van der Waals surface area contributed by atoms with Gasteiger partial charge in [0.05, 0.1) is 11.5 Å². The number of guanidine groups is 1. The van der Waals surface area contributed by atoms with Crippen molar-refractivity contribution >= 4 is 57.6 Å². The summed E-state index contributed by atoms with van der Waals surface area (Å²) in [4.78, 5) is 15.2. The third-order valence-corrected chi connectivity index (χ3v) is 5.59. The molecule has 0 bridgehead atoms. The summed E-state index contributed by atoms with van der Waals surface area (Å²) < 4.78 is 0. The third kappa shape index (κ3) is 5.06. The van der Waals surface area contributed by atoms with E-state index >= 15 is 0 Å². The number of hydrogen-bond acceptors (Lipinski definition) is 5. The summed E-state index contributed by atoms with van der Waals surface area (Å²) in [5.41, 5.74) is 0. The highest BCUT2D eigenvalue weighted by Crippen LogP contribution is 2.22. The van der Waals surface area contributed by atoms with E-state index in [2.05, 4.69) is 51.5 Å². The molecule has 132 valence electrons. The first-order valence-electron chi connectivity index (χ1n) is 7.99. The van der Waals surface area contributed by atoms with E-state index < -0.39 is 0 Å². The van der Waals surface area contributed by atoms with Crippen molar-refractivity contribution in [3.8, 4) is 0 Å². The predicted octanol–water partition coefficient (Wildman–Crippen LogP) is 3.42. The molecule has 0 radical (unpaired) electrons. The quantitative estimate of drug-likeness (QED) is 0.417. The van der Waals surface area contributed by atoms with Gasteiger partial charge in [-0.15, -0.1) is 46.7 Å². The summed E-state index contributed by atoms with van der Waals surface area (Å²) in [6.07, 6.45) is 1.92. The van der Waals surface area contributed by atoms with E-state index in [4.69, 9.17) is 4.99 Å². The van der Waals surface area contributed by atoms with Gasteiger partial charge in [-0.05, 0) is 31.4 Å². The number of nitrogens with one attached hydrogen (secondary N) is 1. The third-order valence-electron chi connectivity index (χ3n) is 3.77. The van der Waals surface area contributed by atoms with Crippen LogP contribution in [0.2, 0.25) is 0 Å². The number of halogens is 1. The highest BCUT2D eigenvalue weighted by atomic mass is 127. The van der Waals surface area contributed by atoms with Gasteiger partial charge >= 0.3 is 0 Å². The van der Waals surface area contributed by atoms with Crippen LogP contribution in [-0.2, 0) is 6.54 Å². The number of anilines is 1. The molecule has 8 heteroatoms. The zero-order valence-corrected chi connectivity index (χ0v) is 18.0. The topological polar surface area (TPSA) is 43.8 Å². The lowest BCUT2D eigenvalue weighted by molar-refractivity contribution is 0.373. The van der Waals surface area contributed by atoms with E-state index in [1.54, 1.807) is 11.3 Å². The largest absolute Gasteiger partial charge is 0.360 e. The second-order valence-electron chi connectivity index (χ2n) is 5.46. The van der Waals surface area contributed by atoms with Crippen molar-refractivity contribution in [1.29, 1.82) is 0 Å². The molecular formula is C16H24IN5S2. The molecule has 1 N–H and O–H groups in total. The van der Waals surface area contributed by atoms with Gasteiger partial charge in [-0.1, -0.05) is 0 Å². The van der Waals surface area contributed by atoms with E-state index in [0.29, 0.717) is 6.54 Å². The summed E-state index contributed by atoms with van der Waals surface area (Å²) in [7, 11) is 0. The number of thiophene rings is 1. The van der Waals surface area contributed by atoms with E-state index in [-0.39, 0.29) is 24.0 Å². The van der Waals surface area contributed by atoms with Crippen molar-refractivity contribution in [2.45, 2.75) is 20.4 Å². The normalized spacial score (nSPS) is 15.3. The molecule has 1 fully saturated rings. The minimum absolute atomic E-state index is 0. The van der Waals surface area contributed by atoms with Crippen LogP contribution < -0.4 is 10.2 Å². The minimum atomic E-state index is 0. The Kier molecular flexibility index (Phi) is 7.76. The van der Waals surface area contributed by atoms with Gasteiger partial charge in [0, 0.05) is 43.8 Å². The van der Waals surface area contributed by atoms with Crippen molar-refractivity contribution in [3.05, 3.63) is 33.6 Å². The molecule has 0 atom stereocenters. The Bertz CT molecular complexity index is 633. The molecule has 0 aliphatic carbocycles. The number of aliphatic imine (C=N–C) groups is 1. The number of thiazole rings is 1. The first kappa shape index (κ1) is 19.5. The molecule has 0 unspecified atom stereocenters. The first-order chi connectivity index (χ1) is 11.3. The maximum absolute atomic E-state index is 4.77. The van der Waals surface area contributed by atoms with E-state index in [1.807, 2.05) is 17.5 Å². The van der Waals surface area contributed by atoms with Crippen molar-refractivity contribution in [3.63, 3.8) is 0 Å². The van der Waals surface area contributed by atoms with Crippen LogP contribution in [-0.4, -0.2) is 48.6 Å². The number of aryl methyl sites for hydroxylation is 1. The monoisotopic (exact) mass is 477 g/mol. The van der Waals surface area contributed by atoms with Gasteiger partial charge in [-0.2, -0.15) is 0 Å².